The number of anilines is 1. The smallest absolute Gasteiger partial charge is 0.263 e. The van der Waals surface area contributed by atoms with Crippen molar-refractivity contribution in [1.82, 2.24) is 0 Å². The van der Waals surface area contributed by atoms with Crippen LogP contribution in [0.5, 0.6) is 5.75 Å². The van der Waals surface area contributed by atoms with Gasteiger partial charge in [0.15, 0.2) is 12.3 Å². The summed E-state index contributed by atoms with van der Waals surface area (Å²) in [6.45, 7) is 2.73. The summed E-state index contributed by atoms with van der Waals surface area (Å²) in [4.78, 5) is 12.8. The first-order valence-electron chi connectivity index (χ1n) is 12.0. The average Bonchev–Trinajstić information content (AvgIpc) is 3.34. The maximum absolute atomic E-state index is 11.2. The lowest BCUT2D eigenvalue weighted by molar-refractivity contribution is -0.669. The largest absolute Gasteiger partial charge is 0.748 e. The van der Waals surface area contributed by atoms with E-state index in [0.29, 0.717) is 46.8 Å². The minimum atomic E-state index is -4.35. The summed E-state index contributed by atoms with van der Waals surface area (Å²) >= 11 is 14.0. The number of allylic oxidation sites excluding steroid dienone is 2. The van der Waals surface area contributed by atoms with Crippen molar-refractivity contribution in [2.45, 2.75) is 39.2 Å². The van der Waals surface area contributed by atoms with Crippen LogP contribution in [0.1, 0.15) is 37.6 Å². The second-order valence-corrected chi connectivity index (χ2v) is 12.2. The third-order valence-electron chi connectivity index (χ3n) is 5.95. The summed E-state index contributed by atoms with van der Waals surface area (Å²) in [6, 6.07) is 10.8. The van der Waals surface area contributed by atoms with E-state index in [9.17, 15) is 22.9 Å². The number of halogens is 2. The third kappa shape index (κ3) is 7.06. The van der Waals surface area contributed by atoms with Gasteiger partial charge in [-0.15, -0.1) is 0 Å². The Kier molecular flexibility index (Phi) is 9.00. The number of nitrogens with zero attached hydrogens (tertiary/aromatic N) is 2. The van der Waals surface area contributed by atoms with Crippen LogP contribution in [0, 0.1) is 0 Å². The third-order valence-corrected chi connectivity index (χ3v) is 8.32. The molecule has 3 aromatic rings. The molecule has 0 bridgehead atoms. The van der Waals surface area contributed by atoms with Crippen molar-refractivity contribution in [3.05, 3.63) is 69.0 Å². The Morgan fingerprint density at radius 3 is 2.61 bits per heavy atom. The molecule has 8 nitrogen and oxygen atoms in total. The van der Waals surface area contributed by atoms with Crippen molar-refractivity contribution >= 4 is 72.6 Å². The number of fused-ring (bicyclic) bond motifs is 2. The number of thiazole rings is 1. The van der Waals surface area contributed by atoms with Crippen molar-refractivity contribution in [1.29, 1.82) is 0 Å². The number of rotatable bonds is 11. The predicted octanol–water partition coefficient (Wildman–Crippen LogP) is 4.49. The second-order valence-electron chi connectivity index (χ2n) is 8.72. The van der Waals surface area contributed by atoms with Gasteiger partial charge in [-0.25, -0.2) is 8.42 Å². The summed E-state index contributed by atoms with van der Waals surface area (Å²) < 4.78 is 42.6. The number of ether oxygens (including phenoxy) is 1. The Morgan fingerprint density at radius 1 is 1.16 bits per heavy atom. The number of carbonyl (C=O) groups is 1. The number of hydrogen-bond acceptors (Lipinski definition) is 8. The highest BCUT2D eigenvalue weighted by atomic mass is 35.5. The van der Waals surface area contributed by atoms with Crippen LogP contribution in [-0.4, -0.2) is 31.2 Å². The number of aryl methyl sites for hydroxylation is 1. The quantitative estimate of drug-likeness (QED) is 0.237. The van der Waals surface area contributed by atoms with Crippen LogP contribution in [0.25, 0.3) is 16.3 Å². The molecule has 0 unspecified atom stereocenters. The van der Waals surface area contributed by atoms with E-state index >= 15 is 0 Å². The molecule has 1 aromatic heterocycles. The van der Waals surface area contributed by atoms with Gasteiger partial charge in [0, 0.05) is 53.0 Å². The molecular formula is C26H25Cl2N2O6S2-. The van der Waals surface area contributed by atoms with Crippen molar-refractivity contribution in [2.75, 3.05) is 17.2 Å². The van der Waals surface area contributed by atoms with E-state index in [2.05, 4.69) is 0 Å². The molecule has 0 atom stereocenters. The van der Waals surface area contributed by atoms with Crippen LogP contribution in [0.4, 0.5) is 5.69 Å². The van der Waals surface area contributed by atoms with Gasteiger partial charge in [0.05, 0.1) is 15.8 Å². The first-order chi connectivity index (χ1) is 18.0. The first kappa shape index (κ1) is 28.4. The SMILES string of the molecule is CCC(=Cc1sc2ccc(Cl)cc2[n+]1CCCC(=O)[O-])/C=C1/Oc2ccc(Cl)cc2N1CCCS(=O)(=O)[O-]. The Balaban J connectivity index is 1.70. The summed E-state index contributed by atoms with van der Waals surface area (Å²) in [5.41, 5.74) is 2.53. The molecule has 1 aliphatic rings. The van der Waals surface area contributed by atoms with Crippen LogP contribution < -0.4 is 19.3 Å². The molecule has 2 heterocycles. The van der Waals surface area contributed by atoms with Crippen LogP contribution >= 0.6 is 34.5 Å². The molecule has 0 saturated carbocycles. The van der Waals surface area contributed by atoms with Gasteiger partial charge in [-0.2, -0.15) is 4.57 Å². The van der Waals surface area contributed by atoms with Crippen LogP contribution in [0.2, 0.25) is 10.0 Å². The van der Waals surface area contributed by atoms with E-state index in [0.717, 1.165) is 20.8 Å². The molecule has 0 fully saturated rings. The van der Waals surface area contributed by atoms with Gasteiger partial charge in [0.1, 0.15) is 4.70 Å². The van der Waals surface area contributed by atoms with Gasteiger partial charge in [-0.05, 0) is 55.2 Å². The molecule has 0 amide bonds. The standard InChI is InChI=1S/C26H26Cl2N2O6S2/c1-2-17(14-25-30(10-3-5-26(31)32)21-16-19(28)7-9-23(21)37-25)13-24-29(11-4-12-38(33,34)35)20-15-18(27)6-8-22(20)36-24/h6-9,13-16H,2-5,10-12H2,1H3,(H-,31,32,33,34,35)/p-1. The molecule has 4 rings (SSSR count). The van der Waals surface area contributed by atoms with E-state index in [4.69, 9.17) is 27.9 Å². The molecular weight excluding hydrogens is 571 g/mol. The maximum Gasteiger partial charge on any atom is 0.263 e. The topological polar surface area (TPSA) is 114 Å². The molecule has 0 spiro atoms. The molecule has 2 aromatic carbocycles. The number of carboxylic acid groups (broad SMARTS) is 1. The van der Waals surface area contributed by atoms with Crippen molar-refractivity contribution in [2.24, 2.45) is 0 Å². The van der Waals surface area contributed by atoms with Crippen LogP contribution in [-0.2, 0) is 21.5 Å². The fourth-order valence-electron chi connectivity index (χ4n) is 4.17. The Hall–Kier alpha value is -2.63. The maximum atomic E-state index is 11.2. The molecule has 12 heteroatoms. The molecule has 0 saturated heterocycles. The summed E-state index contributed by atoms with van der Waals surface area (Å²) in [7, 11) is -4.35. The number of aliphatic carboxylic acids is 1. The number of benzene rings is 2. The van der Waals surface area contributed by atoms with E-state index in [1.807, 2.05) is 46.7 Å². The van der Waals surface area contributed by atoms with Gasteiger partial charge in [-0.1, -0.05) is 41.5 Å². The molecule has 38 heavy (non-hydrogen) atoms. The Bertz CT molecular complexity index is 1530. The van der Waals surface area contributed by atoms with E-state index in [1.54, 1.807) is 29.5 Å². The number of carbonyl (C=O) groups excluding carboxylic acids is 1. The lowest BCUT2D eigenvalue weighted by atomic mass is 10.1. The van der Waals surface area contributed by atoms with Gasteiger partial charge < -0.3 is 24.1 Å². The van der Waals surface area contributed by atoms with Crippen LogP contribution in [0.3, 0.4) is 0 Å². The summed E-state index contributed by atoms with van der Waals surface area (Å²) in [6.07, 6.45) is 5.03. The molecule has 0 N–H and O–H groups in total. The monoisotopic (exact) mass is 595 g/mol. The summed E-state index contributed by atoms with van der Waals surface area (Å²) in [5, 5.41) is 13.0. The second kappa shape index (κ2) is 12.0. The number of carboxylic acids is 1. The van der Waals surface area contributed by atoms with Crippen molar-refractivity contribution < 1.29 is 32.2 Å². The first-order valence-corrected chi connectivity index (χ1v) is 15.1. The van der Waals surface area contributed by atoms with Crippen molar-refractivity contribution in [3.8, 4) is 5.75 Å². The Morgan fingerprint density at radius 2 is 1.89 bits per heavy atom. The van der Waals surface area contributed by atoms with Gasteiger partial charge in [0.25, 0.3) is 5.01 Å². The Labute approximate surface area is 235 Å². The van der Waals surface area contributed by atoms with E-state index in [1.165, 1.54) is 0 Å². The zero-order valence-corrected chi connectivity index (χ0v) is 23.6. The normalized spacial score (nSPS) is 14.8. The van der Waals surface area contributed by atoms with E-state index in [-0.39, 0.29) is 19.4 Å². The minimum absolute atomic E-state index is 0.0541. The van der Waals surface area contributed by atoms with Crippen molar-refractivity contribution in [3.63, 3.8) is 0 Å². The zero-order chi connectivity index (χ0) is 27.4. The highest BCUT2D eigenvalue weighted by Crippen LogP contribution is 2.41. The van der Waals surface area contributed by atoms with Gasteiger partial charge >= 0.3 is 0 Å². The number of aromatic nitrogens is 1. The number of hydrogen-bond donors (Lipinski definition) is 0. The lowest BCUT2D eigenvalue weighted by Crippen LogP contribution is -2.36. The average molecular weight is 597 g/mol. The highest BCUT2D eigenvalue weighted by molar-refractivity contribution is 7.85. The van der Waals surface area contributed by atoms with Crippen LogP contribution in [0.15, 0.2) is 53.9 Å². The van der Waals surface area contributed by atoms with Gasteiger partial charge in [0.2, 0.25) is 11.4 Å². The molecule has 1 aliphatic heterocycles. The minimum Gasteiger partial charge on any atom is -0.748 e. The predicted molar refractivity (Wildman–Crippen MR) is 146 cm³/mol. The molecule has 202 valence electrons. The van der Waals surface area contributed by atoms with Gasteiger partial charge in [-0.3, -0.25) is 0 Å². The lowest BCUT2D eigenvalue weighted by Gasteiger charge is -2.19. The highest BCUT2D eigenvalue weighted by Gasteiger charge is 2.27. The van der Waals surface area contributed by atoms with E-state index < -0.39 is 21.8 Å². The zero-order valence-electron chi connectivity index (χ0n) is 20.5. The fourth-order valence-corrected chi connectivity index (χ4v) is 6.13. The summed E-state index contributed by atoms with van der Waals surface area (Å²) in [5.74, 6) is -0.511. The molecule has 0 aliphatic carbocycles. The fraction of sp³-hybridized carbons (Fsp3) is 0.308. The molecule has 0 radical (unpaired) electrons.